The van der Waals surface area contributed by atoms with Gasteiger partial charge in [-0.05, 0) is 20.8 Å². The average Bonchev–Trinajstić information content (AvgIpc) is 2.22. The molecule has 0 aromatic rings. The van der Waals surface area contributed by atoms with Crippen LogP contribution in [0.3, 0.4) is 0 Å². The third-order valence-corrected chi connectivity index (χ3v) is 2.67. The molecule has 0 aliphatic carbocycles. The van der Waals surface area contributed by atoms with Crippen LogP contribution in [0.25, 0.3) is 0 Å². The zero-order valence-electron chi connectivity index (χ0n) is 10.5. The van der Waals surface area contributed by atoms with Crippen LogP contribution < -0.4 is 0 Å². The molecule has 0 saturated carbocycles. The molecule has 4 N–H and O–H groups in total. The summed E-state index contributed by atoms with van der Waals surface area (Å²) >= 11 is 0. The number of hydrogen-bond donors (Lipinski definition) is 4. The van der Waals surface area contributed by atoms with E-state index in [4.69, 9.17) is 9.47 Å². The van der Waals surface area contributed by atoms with Gasteiger partial charge < -0.3 is 29.9 Å². The molecule has 1 fully saturated rings. The van der Waals surface area contributed by atoms with E-state index >= 15 is 0 Å². The normalized spacial score (nSPS) is 33.7. The summed E-state index contributed by atoms with van der Waals surface area (Å²) in [5.74, 6) is 0. The summed E-state index contributed by atoms with van der Waals surface area (Å²) in [5.41, 5.74) is -1.84. The van der Waals surface area contributed by atoms with Gasteiger partial charge in [0, 0.05) is 6.42 Å². The molecule has 1 saturated heterocycles. The van der Waals surface area contributed by atoms with Gasteiger partial charge in [-0.3, -0.25) is 0 Å². The van der Waals surface area contributed by atoms with E-state index in [2.05, 4.69) is 0 Å². The highest BCUT2D eigenvalue weighted by molar-refractivity contribution is 4.92. The molecular formula is C11H22O6. The van der Waals surface area contributed by atoms with E-state index in [1.54, 1.807) is 20.8 Å². The molecule has 0 aromatic heterocycles. The lowest BCUT2D eigenvalue weighted by Crippen LogP contribution is -2.59. The summed E-state index contributed by atoms with van der Waals surface area (Å²) in [6, 6.07) is 0. The number of hydrogen-bond acceptors (Lipinski definition) is 6. The van der Waals surface area contributed by atoms with E-state index in [1.807, 2.05) is 0 Å². The van der Waals surface area contributed by atoms with E-state index in [1.165, 1.54) is 0 Å². The van der Waals surface area contributed by atoms with Crippen molar-refractivity contribution >= 4 is 0 Å². The fraction of sp³-hybridized carbons (Fsp3) is 1.00. The molecule has 0 radical (unpaired) electrons. The van der Waals surface area contributed by atoms with Crippen molar-refractivity contribution in [2.75, 3.05) is 13.2 Å². The molecule has 3 atom stereocenters. The molecule has 1 rings (SSSR count). The molecular weight excluding hydrogens is 228 g/mol. The topological polar surface area (TPSA) is 99.4 Å². The van der Waals surface area contributed by atoms with Crippen molar-refractivity contribution in [2.45, 2.75) is 56.9 Å². The second-order valence-electron chi connectivity index (χ2n) is 5.48. The monoisotopic (exact) mass is 250 g/mol. The SMILES string of the molecule is CC(C)(C)O[C@H]1OC(CO)(CO)CC(O)C1O. The highest BCUT2D eigenvalue weighted by atomic mass is 16.7. The standard InChI is InChI=1S/C11H22O6/c1-10(2,3)16-9-8(15)7(14)4-11(5-12,6-13)17-9/h7-9,12-15H,4-6H2,1-3H3/t7?,8?,9-/m0/s1. The highest BCUT2D eigenvalue weighted by Gasteiger charge is 2.47. The first kappa shape index (κ1) is 14.8. The molecule has 17 heavy (non-hydrogen) atoms. The maximum absolute atomic E-state index is 9.76. The number of ether oxygens (including phenoxy) is 2. The second-order valence-corrected chi connectivity index (χ2v) is 5.48. The van der Waals surface area contributed by atoms with Gasteiger partial charge in [-0.15, -0.1) is 0 Å². The molecule has 0 amide bonds. The summed E-state index contributed by atoms with van der Waals surface area (Å²) in [4.78, 5) is 0. The lowest BCUT2D eigenvalue weighted by atomic mass is 9.91. The fourth-order valence-electron chi connectivity index (χ4n) is 1.74. The van der Waals surface area contributed by atoms with Crippen LogP contribution in [0.2, 0.25) is 0 Å². The fourth-order valence-corrected chi connectivity index (χ4v) is 1.74. The van der Waals surface area contributed by atoms with E-state index in [0.717, 1.165) is 0 Å². The smallest absolute Gasteiger partial charge is 0.187 e. The average molecular weight is 250 g/mol. The largest absolute Gasteiger partial charge is 0.393 e. The van der Waals surface area contributed by atoms with Gasteiger partial charge in [0.05, 0.1) is 24.9 Å². The van der Waals surface area contributed by atoms with Gasteiger partial charge in [-0.2, -0.15) is 0 Å². The van der Waals surface area contributed by atoms with Gasteiger partial charge in [0.15, 0.2) is 6.29 Å². The van der Waals surface area contributed by atoms with Crippen molar-refractivity contribution in [3.05, 3.63) is 0 Å². The minimum absolute atomic E-state index is 0.0365. The Morgan fingerprint density at radius 2 is 1.76 bits per heavy atom. The van der Waals surface area contributed by atoms with Gasteiger partial charge in [0.2, 0.25) is 0 Å². The third kappa shape index (κ3) is 3.61. The van der Waals surface area contributed by atoms with E-state index in [0.29, 0.717) is 0 Å². The van der Waals surface area contributed by atoms with Crippen molar-refractivity contribution in [3.8, 4) is 0 Å². The minimum Gasteiger partial charge on any atom is -0.393 e. The first-order valence-corrected chi connectivity index (χ1v) is 5.66. The number of aliphatic hydroxyl groups excluding tert-OH is 4. The molecule has 0 aromatic carbocycles. The van der Waals surface area contributed by atoms with Crippen LogP contribution in [-0.4, -0.2) is 63.3 Å². The summed E-state index contributed by atoms with van der Waals surface area (Å²) in [6.45, 7) is 4.45. The van der Waals surface area contributed by atoms with Gasteiger partial charge in [0.1, 0.15) is 11.7 Å². The van der Waals surface area contributed by atoms with Gasteiger partial charge in [-0.1, -0.05) is 0 Å². The second kappa shape index (κ2) is 5.17. The predicted molar refractivity (Wildman–Crippen MR) is 59.2 cm³/mol. The third-order valence-electron chi connectivity index (χ3n) is 2.67. The Bertz CT molecular complexity index is 245. The Morgan fingerprint density at radius 3 is 2.18 bits per heavy atom. The van der Waals surface area contributed by atoms with Crippen molar-refractivity contribution in [2.24, 2.45) is 0 Å². The summed E-state index contributed by atoms with van der Waals surface area (Å²) in [6.07, 6.45) is -3.40. The van der Waals surface area contributed by atoms with Crippen LogP contribution in [0.15, 0.2) is 0 Å². The predicted octanol–water partition coefficient (Wildman–Crippen LogP) is -1.01. The van der Waals surface area contributed by atoms with E-state index in [9.17, 15) is 20.4 Å². The molecule has 2 unspecified atom stereocenters. The molecule has 102 valence electrons. The number of aliphatic hydroxyl groups is 4. The zero-order chi connectivity index (χ0) is 13.3. The zero-order valence-corrected chi connectivity index (χ0v) is 10.5. The Kier molecular flexibility index (Phi) is 4.51. The summed E-state index contributed by atoms with van der Waals surface area (Å²) in [5, 5.41) is 37.9. The molecule has 6 heteroatoms. The summed E-state index contributed by atoms with van der Waals surface area (Å²) in [7, 11) is 0. The Balaban J connectivity index is 2.81. The van der Waals surface area contributed by atoms with Crippen molar-refractivity contribution in [1.82, 2.24) is 0 Å². The molecule has 1 aliphatic rings. The van der Waals surface area contributed by atoms with Crippen molar-refractivity contribution < 1.29 is 29.9 Å². The first-order valence-electron chi connectivity index (χ1n) is 5.66. The maximum Gasteiger partial charge on any atom is 0.187 e. The lowest BCUT2D eigenvalue weighted by Gasteiger charge is -2.45. The van der Waals surface area contributed by atoms with Crippen LogP contribution in [0.4, 0.5) is 0 Å². The van der Waals surface area contributed by atoms with Gasteiger partial charge in [0.25, 0.3) is 0 Å². The van der Waals surface area contributed by atoms with Crippen molar-refractivity contribution in [3.63, 3.8) is 0 Å². The lowest BCUT2D eigenvalue weighted by molar-refractivity contribution is -0.331. The van der Waals surface area contributed by atoms with Crippen LogP contribution >= 0.6 is 0 Å². The van der Waals surface area contributed by atoms with E-state index < -0.39 is 42.9 Å². The van der Waals surface area contributed by atoms with Crippen LogP contribution in [0, 0.1) is 0 Å². The van der Waals surface area contributed by atoms with Crippen LogP contribution in [-0.2, 0) is 9.47 Å². The van der Waals surface area contributed by atoms with E-state index in [-0.39, 0.29) is 6.42 Å². The minimum atomic E-state index is -1.27. The van der Waals surface area contributed by atoms with Crippen LogP contribution in [0.1, 0.15) is 27.2 Å². The maximum atomic E-state index is 9.76. The highest BCUT2D eigenvalue weighted by Crippen LogP contribution is 2.31. The molecule has 1 aliphatic heterocycles. The molecule has 1 heterocycles. The Labute approximate surface area is 101 Å². The number of rotatable bonds is 3. The van der Waals surface area contributed by atoms with Crippen molar-refractivity contribution in [1.29, 1.82) is 0 Å². The Hall–Kier alpha value is -0.240. The molecule has 0 bridgehead atoms. The molecule has 0 spiro atoms. The molecule has 6 nitrogen and oxygen atoms in total. The Morgan fingerprint density at radius 1 is 1.24 bits per heavy atom. The quantitative estimate of drug-likeness (QED) is 0.512. The van der Waals surface area contributed by atoms with Gasteiger partial charge in [-0.25, -0.2) is 0 Å². The first-order chi connectivity index (χ1) is 7.73. The summed E-state index contributed by atoms with van der Waals surface area (Å²) < 4.78 is 10.9. The van der Waals surface area contributed by atoms with Gasteiger partial charge >= 0.3 is 0 Å². The van der Waals surface area contributed by atoms with Crippen LogP contribution in [0.5, 0.6) is 0 Å².